The number of rotatable bonds is 14. The van der Waals surface area contributed by atoms with Crippen molar-refractivity contribution in [3.05, 3.63) is 156 Å². The Kier molecular flexibility index (Phi) is 12.0. The van der Waals surface area contributed by atoms with E-state index in [2.05, 4.69) is 11.4 Å². The topological polar surface area (TPSA) is 131 Å². The molecule has 274 valence electrons. The molecule has 1 aliphatic rings. The zero-order valence-electron chi connectivity index (χ0n) is 29.5. The van der Waals surface area contributed by atoms with Gasteiger partial charge in [0, 0.05) is 41.8 Å². The van der Waals surface area contributed by atoms with E-state index in [4.69, 9.17) is 24.0 Å². The van der Waals surface area contributed by atoms with Crippen molar-refractivity contribution >= 4 is 23.6 Å². The standard InChI is InChI=1S/C44H40N2O7S/c47-27-29-17-19-31(20-18-29)38-25-37(28-54-44-46-41(32-10-3-1-4-11-32)42(53-44)33-12-5-2-6-13-33)51-43(52-38)36-16-8-15-35(24-36)34-14-7-9-30(23-34)26-45-39(48)21-22-40(49)50/h1-20,23-24,37-38,43,47H,21-22,25-28H2,(H,45,48)(H,49,50)/t37-,38+,43+/m1/s1. The normalized spacial score (nSPS) is 16.9. The predicted molar refractivity (Wildman–Crippen MR) is 207 cm³/mol. The van der Waals surface area contributed by atoms with Gasteiger partial charge in [-0.1, -0.05) is 133 Å². The molecule has 3 atom stereocenters. The number of thioether (sulfide) groups is 1. The monoisotopic (exact) mass is 740 g/mol. The quantitative estimate of drug-likeness (QED) is 0.0937. The third-order valence-electron chi connectivity index (χ3n) is 9.17. The van der Waals surface area contributed by atoms with Crippen LogP contribution in [-0.4, -0.2) is 38.9 Å². The number of aliphatic carboxylic acids is 1. The highest BCUT2D eigenvalue weighted by Gasteiger charge is 2.33. The Hall–Kier alpha value is -5.52. The van der Waals surface area contributed by atoms with E-state index in [1.54, 1.807) is 0 Å². The van der Waals surface area contributed by atoms with E-state index >= 15 is 0 Å². The molecule has 6 aromatic rings. The van der Waals surface area contributed by atoms with E-state index in [0.29, 0.717) is 23.9 Å². The minimum absolute atomic E-state index is 0.0338. The van der Waals surface area contributed by atoms with Gasteiger partial charge in [0.15, 0.2) is 12.1 Å². The molecular weight excluding hydrogens is 701 g/mol. The lowest BCUT2D eigenvalue weighted by atomic mass is 9.99. The number of carboxylic acids is 1. The van der Waals surface area contributed by atoms with Gasteiger partial charge in [0.1, 0.15) is 5.69 Å². The molecule has 3 N–H and O–H groups in total. The minimum atomic E-state index is -1.00. The molecule has 1 aliphatic heterocycles. The van der Waals surface area contributed by atoms with Gasteiger partial charge in [0.25, 0.3) is 5.22 Å². The zero-order chi connectivity index (χ0) is 37.3. The molecule has 1 amide bonds. The molecule has 9 nitrogen and oxygen atoms in total. The molecular formula is C44H40N2O7S. The van der Waals surface area contributed by atoms with Crippen LogP contribution in [0.4, 0.5) is 0 Å². The highest BCUT2D eigenvalue weighted by molar-refractivity contribution is 7.99. The van der Waals surface area contributed by atoms with Crippen LogP contribution >= 0.6 is 11.8 Å². The van der Waals surface area contributed by atoms with Gasteiger partial charge >= 0.3 is 5.97 Å². The number of aliphatic hydroxyl groups is 1. The van der Waals surface area contributed by atoms with E-state index in [1.165, 1.54) is 11.8 Å². The van der Waals surface area contributed by atoms with Crippen molar-refractivity contribution in [2.45, 2.75) is 56.1 Å². The maximum atomic E-state index is 12.1. The predicted octanol–water partition coefficient (Wildman–Crippen LogP) is 8.99. The fourth-order valence-electron chi connectivity index (χ4n) is 6.36. The molecule has 7 rings (SSSR count). The number of nitrogens with zero attached hydrogens (tertiary/aromatic N) is 1. The number of aromatic nitrogens is 1. The van der Waals surface area contributed by atoms with Crippen molar-refractivity contribution in [3.8, 4) is 33.7 Å². The number of carboxylic acid groups (broad SMARTS) is 1. The Morgan fingerprint density at radius 2 is 1.41 bits per heavy atom. The fourth-order valence-corrected chi connectivity index (χ4v) is 7.20. The third kappa shape index (κ3) is 9.34. The van der Waals surface area contributed by atoms with Crippen molar-refractivity contribution in [3.63, 3.8) is 0 Å². The summed E-state index contributed by atoms with van der Waals surface area (Å²) >= 11 is 1.51. The van der Waals surface area contributed by atoms with Crippen molar-refractivity contribution < 1.29 is 33.7 Å². The third-order valence-corrected chi connectivity index (χ3v) is 10.1. The largest absolute Gasteiger partial charge is 0.481 e. The number of oxazole rings is 1. The molecule has 0 spiro atoms. The van der Waals surface area contributed by atoms with Crippen LogP contribution in [0.1, 0.15) is 53.9 Å². The Balaban J connectivity index is 1.11. The van der Waals surface area contributed by atoms with Gasteiger partial charge in [0.05, 0.1) is 25.2 Å². The first-order valence-corrected chi connectivity index (χ1v) is 18.8. The van der Waals surface area contributed by atoms with Crippen molar-refractivity contribution in [2.24, 2.45) is 0 Å². The Labute approximate surface area is 318 Å². The lowest BCUT2D eigenvalue weighted by Gasteiger charge is -2.36. The van der Waals surface area contributed by atoms with Crippen molar-refractivity contribution in [2.75, 3.05) is 5.75 Å². The zero-order valence-corrected chi connectivity index (χ0v) is 30.3. The number of benzene rings is 5. The van der Waals surface area contributed by atoms with Crippen LogP contribution in [0.25, 0.3) is 33.7 Å². The molecule has 2 heterocycles. The van der Waals surface area contributed by atoms with Gasteiger partial charge in [-0.3, -0.25) is 9.59 Å². The van der Waals surface area contributed by atoms with Crippen LogP contribution < -0.4 is 5.32 Å². The summed E-state index contributed by atoms with van der Waals surface area (Å²) < 4.78 is 19.7. The number of carbonyl (C=O) groups excluding carboxylic acids is 1. The molecule has 10 heteroatoms. The van der Waals surface area contributed by atoms with Gasteiger partial charge in [-0.15, -0.1) is 0 Å². The van der Waals surface area contributed by atoms with Gasteiger partial charge < -0.3 is 29.4 Å². The number of ether oxygens (including phenoxy) is 2. The van der Waals surface area contributed by atoms with Gasteiger partial charge in [-0.2, -0.15) is 0 Å². The molecule has 0 bridgehead atoms. The second-order valence-corrected chi connectivity index (χ2v) is 14.0. The van der Waals surface area contributed by atoms with Crippen molar-refractivity contribution in [1.82, 2.24) is 10.3 Å². The summed E-state index contributed by atoms with van der Waals surface area (Å²) in [6, 6.07) is 43.8. The SMILES string of the molecule is O=C(O)CCC(=O)NCc1cccc(-c2cccc([C@H]3O[C@@H](CSc4nc(-c5ccccc5)c(-c5ccccc5)o4)C[C@@H](c4ccc(CO)cc4)O3)c2)c1. The number of amides is 1. The summed E-state index contributed by atoms with van der Waals surface area (Å²) in [5.41, 5.74) is 8.23. The molecule has 0 aliphatic carbocycles. The summed E-state index contributed by atoms with van der Waals surface area (Å²) in [6.07, 6.45) is -0.787. The number of hydrogen-bond donors (Lipinski definition) is 3. The average Bonchev–Trinajstić information content (AvgIpc) is 3.66. The van der Waals surface area contributed by atoms with Crippen LogP contribution in [0.5, 0.6) is 0 Å². The Morgan fingerprint density at radius 1 is 0.722 bits per heavy atom. The van der Waals surface area contributed by atoms with Gasteiger partial charge in [-0.25, -0.2) is 4.98 Å². The fraction of sp³-hybridized carbons (Fsp3) is 0.205. The first-order chi connectivity index (χ1) is 26.4. The van der Waals surface area contributed by atoms with E-state index in [9.17, 15) is 14.7 Å². The number of hydrogen-bond acceptors (Lipinski definition) is 8. The first kappa shape index (κ1) is 36.8. The lowest BCUT2D eigenvalue weighted by molar-refractivity contribution is -0.245. The number of carbonyl (C=O) groups is 2. The molecule has 1 saturated heterocycles. The van der Waals surface area contributed by atoms with Crippen LogP contribution in [0, 0.1) is 0 Å². The molecule has 0 saturated carbocycles. The highest BCUT2D eigenvalue weighted by atomic mass is 32.2. The minimum Gasteiger partial charge on any atom is -0.481 e. The molecule has 54 heavy (non-hydrogen) atoms. The van der Waals surface area contributed by atoms with Gasteiger partial charge in [0.2, 0.25) is 5.91 Å². The Morgan fingerprint density at radius 3 is 2.13 bits per heavy atom. The summed E-state index contributed by atoms with van der Waals surface area (Å²) in [6.45, 7) is 0.259. The van der Waals surface area contributed by atoms with E-state index in [0.717, 1.165) is 56.0 Å². The maximum absolute atomic E-state index is 12.1. The van der Waals surface area contributed by atoms with E-state index in [-0.39, 0.29) is 37.6 Å². The highest BCUT2D eigenvalue weighted by Crippen LogP contribution is 2.41. The smallest absolute Gasteiger partial charge is 0.303 e. The summed E-state index contributed by atoms with van der Waals surface area (Å²) in [5, 5.41) is 21.9. The maximum Gasteiger partial charge on any atom is 0.303 e. The molecule has 0 unspecified atom stereocenters. The lowest BCUT2D eigenvalue weighted by Crippen LogP contribution is -2.31. The molecule has 1 aromatic heterocycles. The van der Waals surface area contributed by atoms with E-state index in [1.807, 2.05) is 127 Å². The average molecular weight is 741 g/mol. The van der Waals surface area contributed by atoms with E-state index < -0.39 is 12.3 Å². The Bertz CT molecular complexity index is 2120. The summed E-state index contributed by atoms with van der Waals surface area (Å²) in [7, 11) is 0. The molecule has 0 radical (unpaired) electrons. The van der Waals surface area contributed by atoms with Crippen LogP contribution in [0.3, 0.4) is 0 Å². The summed E-state index contributed by atoms with van der Waals surface area (Å²) in [5.74, 6) is -0.00831. The van der Waals surface area contributed by atoms with Gasteiger partial charge in [-0.05, 0) is 39.9 Å². The van der Waals surface area contributed by atoms with Crippen LogP contribution in [-0.2, 0) is 32.2 Å². The summed E-state index contributed by atoms with van der Waals surface area (Å²) in [4.78, 5) is 27.9. The second-order valence-electron chi connectivity index (χ2n) is 13.0. The number of aliphatic hydroxyl groups excluding tert-OH is 1. The number of nitrogens with one attached hydrogen (secondary N) is 1. The molecule has 5 aromatic carbocycles. The van der Waals surface area contributed by atoms with Crippen LogP contribution in [0.2, 0.25) is 0 Å². The van der Waals surface area contributed by atoms with Crippen molar-refractivity contribution in [1.29, 1.82) is 0 Å². The molecule has 1 fully saturated rings. The first-order valence-electron chi connectivity index (χ1n) is 17.8. The van der Waals surface area contributed by atoms with Crippen LogP contribution in [0.15, 0.2) is 143 Å². The second kappa shape index (κ2) is 17.5.